The minimum Gasteiger partial charge on any atom is -0.330 e. The predicted molar refractivity (Wildman–Crippen MR) is 391 cm³/mol. The quantitative estimate of drug-likeness (QED) is 0.115. The Balaban J connectivity index is 0.000000133. The minimum atomic E-state index is 0.433. The van der Waals surface area contributed by atoms with Gasteiger partial charge in [0.05, 0.1) is 33.8 Å². The van der Waals surface area contributed by atoms with E-state index in [1.54, 1.807) is 12.4 Å². The highest BCUT2D eigenvalue weighted by molar-refractivity contribution is 6.12. The predicted octanol–water partition coefficient (Wildman–Crippen LogP) is 20.5. The summed E-state index contributed by atoms with van der Waals surface area (Å²) in [4.78, 5) is 46.0. The molecule has 476 valence electrons. The van der Waals surface area contributed by atoms with Gasteiger partial charge < -0.3 is 4.57 Å². The van der Waals surface area contributed by atoms with Crippen molar-refractivity contribution >= 4 is 21.8 Å². The van der Waals surface area contributed by atoms with Crippen molar-refractivity contribution in [2.45, 2.75) is 114 Å². The van der Waals surface area contributed by atoms with Crippen molar-refractivity contribution in [3.63, 3.8) is 0 Å². The third-order valence-corrected chi connectivity index (χ3v) is 16.0. The van der Waals surface area contributed by atoms with Gasteiger partial charge in [0.15, 0.2) is 11.6 Å². The van der Waals surface area contributed by atoms with Crippen molar-refractivity contribution in [2.24, 2.45) is 0 Å². The SMILES string of the molecule is CCn1ccnc1-c1cccc(C(C)C)n1.Cc1cc(-c2ccccc2)c2ccc3c(-c4ccccc4)cc(C)nc3c2n1.Cc1cc(-c2nc(C(C)C)ccc2C)nc(C(C)C)c1.Cc1cccc(-c2cccc(C)n2)n1.c1ccc(-n2ccnc2-c2ccccn2)cc1. The van der Waals surface area contributed by atoms with Gasteiger partial charge in [-0.2, -0.15) is 0 Å². The van der Waals surface area contributed by atoms with Crippen LogP contribution in [0.15, 0.2) is 243 Å². The number of hydrogen-bond acceptors (Lipinski definition) is 10. The molecule has 0 aliphatic rings. The molecule has 10 heterocycles. The molecule has 4 aromatic carbocycles. The van der Waals surface area contributed by atoms with E-state index in [9.17, 15) is 0 Å². The molecule has 95 heavy (non-hydrogen) atoms. The lowest BCUT2D eigenvalue weighted by atomic mass is 9.95. The first-order valence-electron chi connectivity index (χ1n) is 32.7. The smallest absolute Gasteiger partial charge is 0.163 e. The van der Waals surface area contributed by atoms with Gasteiger partial charge in [-0.25, -0.2) is 15.0 Å². The second-order valence-corrected chi connectivity index (χ2v) is 24.5. The molecular weight excluding hydrogens is 1160 g/mol. The Hall–Kier alpha value is -11.0. The lowest BCUT2D eigenvalue weighted by Gasteiger charge is -2.13. The third-order valence-electron chi connectivity index (χ3n) is 16.0. The first-order valence-corrected chi connectivity index (χ1v) is 32.7. The highest BCUT2D eigenvalue weighted by atomic mass is 15.1. The average Bonchev–Trinajstić information content (AvgIpc) is 1.39. The molecule has 12 heteroatoms. The summed E-state index contributed by atoms with van der Waals surface area (Å²) in [5.74, 6) is 3.12. The maximum absolute atomic E-state index is 4.90. The maximum atomic E-state index is 4.90. The van der Waals surface area contributed by atoms with E-state index in [0.29, 0.717) is 17.8 Å². The van der Waals surface area contributed by atoms with Crippen LogP contribution >= 0.6 is 0 Å². The van der Waals surface area contributed by atoms with Gasteiger partial charge in [0, 0.05) is 93.8 Å². The molecule has 0 amide bonds. The normalized spacial score (nSPS) is 10.9. The van der Waals surface area contributed by atoms with Crippen molar-refractivity contribution in [3.8, 4) is 73.8 Å². The van der Waals surface area contributed by atoms with Gasteiger partial charge in [-0.3, -0.25) is 39.5 Å². The molecule has 0 N–H and O–H groups in total. The monoisotopic (exact) mass is 1250 g/mol. The van der Waals surface area contributed by atoms with E-state index in [2.05, 4.69) is 214 Å². The third kappa shape index (κ3) is 17.0. The summed E-state index contributed by atoms with van der Waals surface area (Å²) in [6, 6.07) is 72.3. The lowest BCUT2D eigenvalue weighted by Crippen LogP contribution is -2.01. The van der Waals surface area contributed by atoms with E-state index in [-0.39, 0.29) is 0 Å². The number of aromatic nitrogens is 12. The van der Waals surface area contributed by atoms with Crippen LogP contribution in [0.25, 0.3) is 95.6 Å². The number of fused-ring (bicyclic) bond motifs is 3. The van der Waals surface area contributed by atoms with Crippen molar-refractivity contribution in [2.75, 3.05) is 0 Å². The molecule has 0 radical (unpaired) electrons. The zero-order valence-electron chi connectivity index (χ0n) is 56.9. The summed E-state index contributed by atoms with van der Waals surface area (Å²) in [7, 11) is 0. The Morgan fingerprint density at radius 3 is 1.38 bits per heavy atom. The van der Waals surface area contributed by atoms with Gasteiger partial charge in [-0.15, -0.1) is 0 Å². The van der Waals surface area contributed by atoms with Crippen LogP contribution in [0.1, 0.15) is 117 Å². The van der Waals surface area contributed by atoms with Crippen LogP contribution in [0.5, 0.6) is 0 Å². The Morgan fingerprint density at radius 1 is 0.347 bits per heavy atom. The Morgan fingerprint density at radius 2 is 0.842 bits per heavy atom. The average molecular weight is 1250 g/mol. The number of rotatable bonds is 11. The number of nitrogens with zero attached hydrogens (tertiary/aromatic N) is 12. The number of aryl methyl sites for hydroxylation is 7. The standard InChI is InChI=1S/C26H20N2.C18H24N2.C14H11N3.C13H17N3.C12H12N2/c1-17-15-23(19-9-5-3-6-10-19)21-13-14-22-24(20-11-7-4-8-12-20)16-18(2)28-26(22)25(21)27-17;1-11(2)15-8-7-14(6)18(20-15)17-10-13(5)9-16(19-17)12(3)4;1-2-6-12(7-3-1)17-11-10-16-14(17)13-8-4-5-9-15-13;1-4-16-9-8-14-13(16)12-7-5-6-11(15-12)10(2)3;1-9-5-3-7-11(13-9)12-8-4-6-10(2)14-12/h3-16H,1-2H3;7-12H,1-6H3;1-11H;5-10H,4H2,1-3H3;3-8H,1-2H3. The fraction of sp³-hybridized carbons (Fsp3) is 0.205. The first-order chi connectivity index (χ1) is 46.0. The molecule has 0 unspecified atom stereocenters. The summed E-state index contributed by atoms with van der Waals surface area (Å²) in [5.41, 5.74) is 23.4. The molecule has 0 bridgehead atoms. The summed E-state index contributed by atoms with van der Waals surface area (Å²) >= 11 is 0. The van der Waals surface area contributed by atoms with Crippen LogP contribution in [0, 0.1) is 41.5 Å². The Bertz CT molecular complexity index is 4610. The highest BCUT2D eigenvalue weighted by Gasteiger charge is 2.16. The Labute approximate surface area is 560 Å². The van der Waals surface area contributed by atoms with Crippen LogP contribution < -0.4 is 0 Å². The molecular formula is C83H84N12. The molecule has 0 aliphatic heterocycles. The van der Waals surface area contributed by atoms with E-state index in [0.717, 1.165) is 120 Å². The van der Waals surface area contributed by atoms with E-state index < -0.39 is 0 Å². The van der Waals surface area contributed by atoms with Crippen LogP contribution in [0.3, 0.4) is 0 Å². The molecule has 0 saturated carbocycles. The van der Waals surface area contributed by atoms with Gasteiger partial charge in [0.2, 0.25) is 0 Å². The van der Waals surface area contributed by atoms with Crippen LogP contribution in [0.4, 0.5) is 0 Å². The summed E-state index contributed by atoms with van der Waals surface area (Å²) in [6.07, 6.45) is 9.32. The second-order valence-electron chi connectivity index (χ2n) is 24.5. The fourth-order valence-corrected chi connectivity index (χ4v) is 11.0. The van der Waals surface area contributed by atoms with Gasteiger partial charge in [-0.1, -0.05) is 163 Å². The molecule has 14 rings (SSSR count). The fourth-order valence-electron chi connectivity index (χ4n) is 11.0. The molecule has 12 nitrogen and oxygen atoms in total. The largest absolute Gasteiger partial charge is 0.330 e. The summed E-state index contributed by atoms with van der Waals surface area (Å²) in [6.45, 7) is 28.3. The van der Waals surface area contributed by atoms with Gasteiger partial charge in [0.1, 0.15) is 11.4 Å². The van der Waals surface area contributed by atoms with E-state index in [1.165, 1.54) is 33.4 Å². The van der Waals surface area contributed by atoms with E-state index in [4.69, 9.17) is 19.9 Å². The number of pyridine rings is 8. The zero-order valence-corrected chi connectivity index (χ0v) is 56.9. The van der Waals surface area contributed by atoms with E-state index in [1.807, 2.05) is 146 Å². The van der Waals surface area contributed by atoms with Gasteiger partial charge in [-0.05, 0) is 191 Å². The maximum Gasteiger partial charge on any atom is 0.163 e. The van der Waals surface area contributed by atoms with Crippen LogP contribution in [0.2, 0.25) is 0 Å². The highest BCUT2D eigenvalue weighted by Crippen LogP contribution is 2.37. The van der Waals surface area contributed by atoms with E-state index >= 15 is 0 Å². The molecule has 14 aromatic rings. The number of para-hydroxylation sites is 1. The topological polar surface area (TPSA) is 139 Å². The van der Waals surface area contributed by atoms with Crippen molar-refractivity contribution in [1.82, 2.24) is 59.0 Å². The molecule has 0 atom stereocenters. The first kappa shape index (κ1) is 66.9. The van der Waals surface area contributed by atoms with Gasteiger partial charge in [0.25, 0.3) is 0 Å². The molecule has 10 aromatic heterocycles. The number of imidazole rings is 2. The number of benzene rings is 4. The van der Waals surface area contributed by atoms with Gasteiger partial charge >= 0.3 is 0 Å². The van der Waals surface area contributed by atoms with Crippen LogP contribution in [-0.2, 0) is 6.54 Å². The Kier molecular flexibility index (Phi) is 22.2. The summed E-state index contributed by atoms with van der Waals surface area (Å²) < 4.78 is 4.13. The van der Waals surface area contributed by atoms with Crippen molar-refractivity contribution in [3.05, 3.63) is 294 Å². The molecule has 0 fully saturated rings. The lowest BCUT2D eigenvalue weighted by molar-refractivity contribution is 0.763. The van der Waals surface area contributed by atoms with Crippen molar-refractivity contribution in [1.29, 1.82) is 0 Å². The molecule has 0 spiro atoms. The molecule has 0 saturated heterocycles. The number of hydrogen-bond donors (Lipinski definition) is 0. The zero-order chi connectivity index (χ0) is 67.0. The molecule has 0 aliphatic carbocycles. The van der Waals surface area contributed by atoms with Crippen LogP contribution in [-0.4, -0.2) is 59.0 Å². The summed E-state index contributed by atoms with van der Waals surface area (Å²) in [5, 5.41) is 2.28. The minimum absolute atomic E-state index is 0.433. The van der Waals surface area contributed by atoms with Crippen molar-refractivity contribution < 1.29 is 0 Å². The second kappa shape index (κ2) is 31.6.